The fourth-order valence-corrected chi connectivity index (χ4v) is 4.67. The maximum Gasteiger partial charge on any atom is 0.294 e. The Hall–Kier alpha value is -4.57. The van der Waals surface area contributed by atoms with Crippen molar-refractivity contribution in [1.29, 1.82) is 0 Å². The number of anilines is 2. The Morgan fingerprint density at radius 2 is 1.69 bits per heavy atom. The van der Waals surface area contributed by atoms with E-state index < -0.39 is 23.6 Å². The molecule has 0 radical (unpaired) electrons. The van der Waals surface area contributed by atoms with Crippen molar-refractivity contribution in [2.24, 2.45) is 0 Å². The largest absolute Gasteiger partial charge is 0.493 e. The summed E-state index contributed by atoms with van der Waals surface area (Å²) >= 11 is 0.756. The van der Waals surface area contributed by atoms with E-state index in [1.54, 1.807) is 42.5 Å². The molecule has 1 saturated heterocycles. The molecule has 9 nitrogen and oxygen atoms in total. The molecule has 2 N–H and O–H groups in total. The molecule has 1 aliphatic heterocycles. The molecule has 3 aromatic rings. The number of nitrogens with one attached hydrogen (secondary N) is 2. The quantitative estimate of drug-likeness (QED) is 0.364. The van der Waals surface area contributed by atoms with Gasteiger partial charge < -0.3 is 20.1 Å². The highest BCUT2D eigenvalue weighted by Crippen LogP contribution is 2.34. The first-order chi connectivity index (χ1) is 18.7. The summed E-state index contributed by atoms with van der Waals surface area (Å²) in [6.07, 6.45) is 1.54. The van der Waals surface area contributed by atoms with Crippen molar-refractivity contribution in [3.63, 3.8) is 0 Å². The van der Waals surface area contributed by atoms with Crippen LogP contribution in [-0.4, -0.2) is 48.1 Å². The van der Waals surface area contributed by atoms with Crippen LogP contribution < -0.4 is 20.1 Å². The molecule has 0 aliphatic carbocycles. The number of carbonyl (C=O) groups excluding carboxylic acids is 4. The standard InChI is InChI=1S/C29H27N3O6S/c1-18-9-11-22(19(2)13-18)31-26(33)16-32-28(35)25(39-29(32)36)15-20-10-12-23(24(14-20)37-3)38-17-27(34)30-21-7-5-4-6-8-21/h4-15H,16-17H2,1-3H3,(H,30,34)(H,31,33)/b25-15-. The molecule has 0 aromatic heterocycles. The smallest absolute Gasteiger partial charge is 0.294 e. The zero-order valence-corrected chi connectivity index (χ0v) is 22.5. The number of benzene rings is 3. The maximum absolute atomic E-state index is 12.9. The lowest BCUT2D eigenvalue weighted by Crippen LogP contribution is -2.36. The monoisotopic (exact) mass is 545 g/mol. The zero-order chi connectivity index (χ0) is 27.9. The topological polar surface area (TPSA) is 114 Å². The predicted molar refractivity (Wildman–Crippen MR) is 151 cm³/mol. The van der Waals surface area contributed by atoms with Crippen molar-refractivity contribution in [3.8, 4) is 11.5 Å². The first-order valence-corrected chi connectivity index (χ1v) is 12.8. The molecular formula is C29H27N3O6S. The second-order valence-corrected chi connectivity index (χ2v) is 9.74. The number of para-hydroxylation sites is 1. The van der Waals surface area contributed by atoms with Crippen molar-refractivity contribution in [3.05, 3.63) is 88.3 Å². The Morgan fingerprint density at radius 1 is 0.923 bits per heavy atom. The van der Waals surface area contributed by atoms with Gasteiger partial charge in [0.1, 0.15) is 6.54 Å². The van der Waals surface area contributed by atoms with Gasteiger partial charge in [0.05, 0.1) is 12.0 Å². The number of thioether (sulfide) groups is 1. The fourth-order valence-electron chi connectivity index (χ4n) is 3.83. The fraction of sp³-hybridized carbons (Fsp3) is 0.172. The van der Waals surface area contributed by atoms with Crippen molar-refractivity contribution in [2.45, 2.75) is 13.8 Å². The van der Waals surface area contributed by atoms with Crippen molar-refractivity contribution in [2.75, 3.05) is 30.9 Å². The van der Waals surface area contributed by atoms with Crippen LogP contribution in [0.5, 0.6) is 11.5 Å². The lowest BCUT2D eigenvalue weighted by Gasteiger charge is -2.14. The number of aryl methyl sites for hydroxylation is 2. The van der Waals surface area contributed by atoms with Gasteiger partial charge in [-0.2, -0.15) is 0 Å². The Bertz CT molecular complexity index is 1450. The van der Waals surface area contributed by atoms with Crippen LogP contribution in [-0.2, 0) is 14.4 Å². The molecule has 0 spiro atoms. The number of nitrogens with zero attached hydrogens (tertiary/aromatic N) is 1. The Morgan fingerprint density at radius 3 is 2.41 bits per heavy atom. The zero-order valence-electron chi connectivity index (χ0n) is 21.6. The molecule has 4 amide bonds. The van der Waals surface area contributed by atoms with E-state index in [9.17, 15) is 19.2 Å². The van der Waals surface area contributed by atoms with Crippen LogP contribution in [0.4, 0.5) is 16.2 Å². The average molecular weight is 546 g/mol. The molecule has 3 aromatic carbocycles. The Kier molecular flexibility index (Phi) is 8.67. The van der Waals surface area contributed by atoms with E-state index in [0.717, 1.165) is 27.8 Å². The molecule has 0 atom stereocenters. The normalized spacial score (nSPS) is 13.9. The van der Waals surface area contributed by atoms with Crippen LogP contribution in [0.1, 0.15) is 16.7 Å². The van der Waals surface area contributed by atoms with Gasteiger partial charge in [-0.05, 0) is 73.1 Å². The molecule has 10 heteroatoms. The summed E-state index contributed by atoms with van der Waals surface area (Å²) in [5.74, 6) is -0.664. The van der Waals surface area contributed by atoms with Crippen LogP contribution in [0.2, 0.25) is 0 Å². The van der Waals surface area contributed by atoms with Crippen molar-refractivity contribution in [1.82, 2.24) is 4.90 Å². The molecule has 39 heavy (non-hydrogen) atoms. The van der Waals surface area contributed by atoms with E-state index in [-0.39, 0.29) is 17.4 Å². The van der Waals surface area contributed by atoms with E-state index in [4.69, 9.17) is 9.47 Å². The van der Waals surface area contributed by atoms with Gasteiger partial charge in [-0.3, -0.25) is 24.1 Å². The average Bonchev–Trinajstić information content (AvgIpc) is 3.17. The van der Waals surface area contributed by atoms with Gasteiger partial charge in [0.25, 0.3) is 17.1 Å². The SMILES string of the molecule is COc1cc(/C=C2\SC(=O)N(CC(=O)Nc3ccc(C)cc3C)C2=O)ccc1OCC(=O)Nc1ccccc1. The summed E-state index contributed by atoms with van der Waals surface area (Å²) in [6, 6.07) is 19.5. The number of amides is 4. The van der Waals surface area contributed by atoms with Crippen molar-refractivity contribution < 1.29 is 28.7 Å². The van der Waals surface area contributed by atoms with Gasteiger partial charge in [-0.1, -0.05) is 42.0 Å². The second-order valence-electron chi connectivity index (χ2n) is 8.75. The molecule has 1 fully saturated rings. The van der Waals surface area contributed by atoms with Crippen molar-refractivity contribution >= 4 is 52.2 Å². The molecule has 0 bridgehead atoms. The Balaban J connectivity index is 1.39. The molecule has 0 saturated carbocycles. The number of rotatable bonds is 9. The van der Waals surface area contributed by atoms with Crippen LogP contribution in [0.15, 0.2) is 71.6 Å². The van der Waals surface area contributed by atoms with E-state index >= 15 is 0 Å². The summed E-state index contributed by atoms with van der Waals surface area (Å²) < 4.78 is 11.0. The minimum Gasteiger partial charge on any atom is -0.493 e. The molecule has 1 heterocycles. The first kappa shape index (κ1) is 27.5. The van der Waals surface area contributed by atoms with E-state index in [1.165, 1.54) is 7.11 Å². The third kappa shape index (κ3) is 7.05. The summed E-state index contributed by atoms with van der Waals surface area (Å²) in [4.78, 5) is 51.2. The van der Waals surface area contributed by atoms with Gasteiger partial charge >= 0.3 is 0 Å². The minimum absolute atomic E-state index is 0.178. The summed E-state index contributed by atoms with van der Waals surface area (Å²) in [5, 5.41) is 4.96. The van der Waals surface area contributed by atoms with Gasteiger partial charge in [0, 0.05) is 11.4 Å². The summed E-state index contributed by atoms with van der Waals surface area (Å²) in [7, 11) is 1.46. The highest BCUT2D eigenvalue weighted by Gasteiger charge is 2.36. The van der Waals surface area contributed by atoms with E-state index in [2.05, 4.69) is 10.6 Å². The number of methoxy groups -OCH3 is 1. The molecule has 1 aliphatic rings. The number of imide groups is 1. The number of ether oxygens (including phenoxy) is 2. The van der Waals surface area contributed by atoms with Gasteiger partial charge in [0.2, 0.25) is 5.91 Å². The second kappa shape index (κ2) is 12.3. The predicted octanol–water partition coefficient (Wildman–Crippen LogP) is 5.00. The molecular weight excluding hydrogens is 518 g/mol. The third-order valence-electron chi connectivity index (χ3n) is 5.73. The Labute approximate surface area is 230 Å². The lowest BCUT2D eigenvalue weighted by molar-refractivity contribution is -0.127. The minimum atomic E-state index is -0.558. The highest BCUT2D eigenvalue weighted by molar-refractivity contribution is 8.18. The number of carbonyl (C=O) groups is 4. The number of hydrogen-bond donors (Lipinski definition) is 2. The summed E-state index contributed by atoms with van der Waals surface area (Å²) in [5.41, 5.74) is 3.81. The van der Waals surface area contributed by atoms with Crippen LogP contribution >= 0.6 is 11.8 Å². The lowest BCUT2D eigenvalue weighted by atomic mass is 10.1. The molecule has 0 unspecified atom stereocenters. The molecule has 4 rings (SSSR count). The van der Waals surface area contributed by atoms with Crippen LogP contribution in [0.25, 0.3) is 6.08 Å². The van der Waals surface area contributed by atoms with E-state index in [1.807, 2.05) is 44.2 Å². The highest BCUT2D eigenvalue weighted by atomic mass is 32.2. The number of hydrogen-bond acceptors (Lipinski definition) is 7. The molecule has 200 valence electrons. The van der Waals surface area contributed by atoms with Gasteiger partial charge in [-0.15, -0.1) is 0 Å². The summed E-state index contributed by atoms with van der Waals surface area (Å²) in [6.45, 7) is 3.20. The van der Waals surface area contributed by atoms with E-state index in [0.29, 0.717) is 28.4 Å². The van der Waals surface area contributed by atoms with Gasteiger partial charge in [0.15, 0.2) is 18.1 Å². The maximum atomic E-state index is 12.9. The third-order valence-corrected chi connectivity index (χ3v) is 6.64. The van der Waals surface area contributed by atoms with Crippen LogP contribution in [0, 0.1) is 13.8 Å². The van der Waals surface area contributed by atoms with Gasteiger partial charge in [-0.25, -0.2) is 0 Å². The van der Waals surface area contributed by atoms with Crippen LogP contribution in [0.3, 0.4) is 0 Å². The first-order valence-electron chi connectivity index (χ1n) is 12.0.